The Bertz CT molecular complexity index is 578. The first-order valence-electron chi connectivity index (χ1n) is 5.72. The van der Waals surface area contributed by atoms with Gasteiger partial charge in [0, 0.05) is 17.7 Å². The predicted molar refractivity (Wildman–Crippen MR) is 75.8 cm³/mol. The van der Waals surface area contributed by atoms with Crippen LogP contribution in [0, 0.1) is 6.92 Å². The van der Waals surface area contributed by atoms with Crippen molar-refractivity contribution >= 4 is 29.4 Å². The lowest BCUT2D eigenvalue weighted by Gasteiger charge is -2.02. The number of aromatic amines is 1. The average Bonchev–Trinajstić information content (AvgIpc) is 2.82. The number of fused-ring (bicyclic) bond motifs is 1. The molecule has 2 N–H and O–H groups in total. The van der Waals surface area contributed by atoms with Crippen LogP contribution in [0.15, 0.2) is 18.2 Å². The van der Waals surface area contributed by atoms with Crippen LogP contribution >= 0.6 is 12.6 Å². The molecule has 0 aliphatic carbocycles. The van der Waals surface area contributed by atoms with E-state index in [0.29, 0.717) is 18.0 Å². The third kappa shape index (κ3) is 2.31. The van der Waals surface area contributed by atoms with Crippen LogP contribution in [-0.4, -0.2) is 30.3 Å². The van der Waals surface area contributed by atoms with Gasteiger partial charge in [0.05, 0.1) is 12.6 Å². The Hall–Kier alpha value is -1.62. The fourth-order valence-electron chi connectivity index (χ4n) is 1.90. The summed E-state index contributed by atoms with van der Waals surface area (Å²) in [6.07, 6.45) is 0. The van der Waals surface area contributed by atoms with Gasteiger partial charge in [-0.1, -0.05) is 6.07 Å². The zero-order valence-corrected chi connectivity index (χ0v) is 11.3. The molecule has 2 rings (SSSR count). The van der Waals surface area contributed by atoms with Crippen molar-refractivity contribution in [2.24, 2.45) is 0 Å². The Kier molecular flexibility index (Phi) is 3.81. The first kappa shape index (κ1) is 12.8. The van der Waals surface area contributed by atoms with Crippen LogP contribution in [0.2, 0.25) is 0 Å². The van der Waals surface area contributed by atoms with Crippen molar-refractivity contribution in [1.82, 2.24) is 10.3 Å². The van der Waals surface area contributed by atoms with Crippen molar-refractivity contribution in [3.8, 4) is 5.75 Å². The Balaban J connectivity index is 2.43. The molecule has 2 aromatic rings. The monoisotopic (exact) mass is 264 g/mol. The number of methoxy groups -OCH3 is 1. The fourth-order valence-corrected chi connectivity index (χ4v) is 2.01. The SMILES string of the molecule is COc1ccc(C)c2[nH]c(C(=O)NCCS)cc12. The first-order valence-corrected chi connectivity index (χ1v) is 6.36. The number of benzene rings is 1. The summed E-state index contributed by atoms with van der Waals surface area (Å²) in [4.78, 5) is 15.0. The number of carbonyl (C=O) groups excluding carboxylic acids is 1. The van der Waals surface area contributed by atoms with Gasteiger partial charge in [0.15, 0.2) is 0 Å². The summed E-state index contributed by atoms with van der Waals surface area (Å²) < 4.78 is 5.29. The summed E-state index contributed by atoms with van der Waals surface area (Å²) in [5, 5.41) is 3.70. The number of ether oxygens (including phenoxy) is 1. The molecule has 1 amide bonds. The summed E-state index contributed by atoms with van der Waals surface area (Å²) >= 11 is 4.06. The molecule has 0 aliphatic rings. The molecule has 0 radical (unpaired) electrons. The number of H-pyrrole nitrogens is 1. The number of rotatable bonds is 4. The number of aryl methyl sites for hydroxylation is 1. The van der Waals surface area contributed by atoms with Crippen molar-refractivity contribution in [2.45, 2.75) is 6.92 Å². The molecule has 5 heteroatoms. The number of hydrogen-bond donors (Lipinski definition) is 3. The molecule has 0 saturated heterocycles. The van der Waals surface area contributed by atoms with Crippen LogP contribution in [0.3, 0.4) is 0 Å². The van der Waals surface area contributed by atoms with Crippen LogP contribution in [0.25, 0.3) is 10.9 Å². The van der Waals surface area contributed by atoms with Crippen LogP contribution in [0.5, 0.6) is 5.75 Å². The molecule has 0 spiro atoms. The first-order chi connectivity index (χ1) is 8.67. The Morgan fingerprint density at radius 1 is 1.50 bits per heavy atom. The quantitative estimate of drug-likeness (QED) is 0.741. The standard InChI is InChI=1S/C13H16N2O2S/c1-8-3-4-11(17-2)9-7-10(15-12(8)9)13(16)14-5-6-18/h3-4,7,15,18H,5-6H2,1-2H3,(H,14,16). The summed E-state index contributed by atoms with van der Waals surface area (Å²) in [7, 11) is 1.62. The lowest BCUT2D eigenvalue weighted by atomic mass is 10.1. The van der Waals surface area contributed by atoms with Crippen LogP contribution in [0.4, 0.5) is 0 Å². The summed E-state index contributed by atoms with van der Waals surface area (Å²) in [5.74, 6) is 1.26. The third-order valence-corrected chi connectivity index (χ3v) is 3.05. The van der Waals surface area contributed by atoms with Gasteiger partial charge in [0.1, 0.15) is 11.4 Å². The predicted octanol–water partition coefficient (Wildman–Crippen LogP) is 2.14. The topological polar surface area (TPSA) is 54.1 Å². The van der Waals surface area contributed by atoms with Gasteiger partial charge >= 0.3 is 0 Å². The highest BCUT2D eigenvalue weighted by molar-refractivity contribution is 7.80. The van der Waals surface area contributed by atoms with Gasteiger partial charge in [-0.05, 0) is 24.6 Å². The zero-order valence-electron chi connectivity index (χ0n) is 10.4. The van der Waals surface area contributed by atoms with Crippen molar-refractivity contribution in [1.29, 1.82) is 0 Å². The van der Waals surface area contributed by atoms with E-state index < -0.39 is 0 Å². The molecule has 1 aromatic heterocycles. The molecular weight excluding hydrogens is 248 g/mol. The maximum absolute atomic E-state index is 11.9. The number of carbonyl (C=O) groups is 1. The lowest BCUT2D eigenvalue weighted by Crippen LogP contribution is -2.25. The van der Waals surface area contributed by atoms with Crippen molar-refractivity contribution in [3.05, 3.63) is 29.5 Å². The molecule has 96 valence electrons. The highest BCUT2D eigenvalue weighted by atomic mass is 32.1. The van der Waals surface area contributed by atoms with E-state index in [0.717, 1.165) is 22.2 Å². The van der Waals surface area contributed by atoms with Gasteiger partial charge in [-0.2, -0.15) is 12.6 Å². The summed E-state index contributed by atoms with van der Waals surface area (Å²) in [6, 6.07) is 5.68. The maximum Gasteiger partial charge on any atom is 0.267 e. The number of aromatic nitrogens is 1. The van der Waals surface area contributed by atoms with Crippen LogP contribution in [-0.2, 0) is 0 Å². The van der Waals surface area contributed by atoms with E-state index in [-0.39, 0.29) is 5.91 Å². The molecule has 1 aromatic carbocycles. The number of nitrogens with one attached hydrogen (secondary N) is 2. The zero-order chi connectivity index (χ0) is 13.1. The van der Waals surface area contributed by atoms with E-state index in [2.05, 4.69) is 22.9 Å². The van der Waals surface area contributed by atoms with Crippen LogP contribution < -0.4 is 10.1 Å². The average molecular weight is 264 g/mol. The Morgan fingerprint density at radius 3 is 2.94 bits per heavy atom. The highest BCUT2D eigenvalue weighted by Crippen LogP contribution is 2.28. The highest BCUT2D eigenvalue weighted by Gasteiger charge is 2.12. The van der Waals surface area contributed by atoms with Gasteiger partial charge in [0.25, 0.3) is 5.91 Å². The molecular formula is C13H16N2O2S. The minimum absolute atomic E-state index is 0.123. The fraction of sp³-hybridized carbons (Fsp3) is 0.308. The second kappa shape index (κ2) is 5.35. The van der Waals surface area contributed by atoms with Gasteiger partial charge in [-0.3, -0.25) is 4.79 Å². The van der Waals surface area contributed by atoms with E-state index >= 15 is 0 Å². The molecule has 0 aliphatic heterocycles. The maximum atomic E-state index is 11.9. The molecule has 0 saturated carbocycles. The second-order valence-corrected chi connectivity index (χ2v) is 4.48. The molecule has 0 atom stereocenters. The largest absolute Gasteiger partial charge is 0.496 e. The molecule has 18 heavy (non-hydrogen) atoms. The number of hydrogen-bond acceptors (Lipinski definition) is 3. The molecule has 4 nitrogen and oxygen atoms in total. The van der Waals surface area contributed by atoms with E-state index in [4.69, 9.17) is 4.74 Å². The van der Waals surface area contributed by atoms with Crippen molar-refractivity contribution in [3.63, 3.8) is 0 Å². The van der Waals surface area contributed by atoms with Crippen molar-refractivity contribution < 1.29 is 9.53 Å². The summed E-state index contributed by atoms with van der Waals surface area (Å²) in [6.45, 7) is 2.54. The van der Waals surface area contributed by atoms with E-state index in [1.165, 1.54) is 0 Å². The van der Waals surface area contributed by atoms with Crippen LogP contribution in [0.1, 0.15) is 16.1 Å². The molecule has 1 heterocycles. The summed E-state index contributed by atoms with van der Waals surface area (Å²) in [5.41, 5.74) is 2.56. The second-order valence-electron chi connectivity index (χ2n) is 4.04. The molecule has 0 unspecified atom stereocenters. The number of thiol groups is 1. The minimum atomic E-state index is -0.123. The van der Waals surface area contributed by atoms with Gasteiger partial charge < -0.3 is 15.0 Å². The normalized spacial score (nSPS) is 10.6. The Morgan fingerprint density at radius 2 is 2.28 bits per heavy atom. The third-order valence-electron chi connectivity index (χ3n) is 2.82. The van der Waals surface area contributed by atoms with Crippen molar-refractivity contribution in [2.75, 3.05) is 19.4 Å². The van der Waals surface area contributed by atoms with E-state index in [1.54, 1.807) is 7.11 Å². The van der Waals surface area contributed by atoms with Gasteiger partial charge in [-0.15, -0.1) is 0 Å². The molecule has 0 fully saturated rings. The minimum Gasteiger partial charge on any atom is -0.496 e. The van der Waals surface area contributed by atoms with E-state index in [1.807, 2.05) is 25.1 Å². The van der Waals surface area contributed by atoms with E-state index in [9.17, 15) is 4.79 Å². The lowest BCUT2D eigenvalue weighted by molar-refractivity contribution is 0.0952. The van der Waals surface area contributed by atoms with Gasteiger partial charge in [-0.25, -0.2) is 0 Å². The smallest absolute Gasteiger partial charge is 0.267 e. The van der Waals surface area contributed by atoms with Gasteiger partial charge in [0.2, 0.25) is 0 Å². The number of amides is 1. The molecule has 0 bridgehead atoms. The Labute approximate surface area is 111 Å².